The highest BCUT2D eigenvalue weighted by Crippen LogP contribution is 2.16. The number of carbonyl (C=O) groups is 1. The Morgan fingerprint density at radius 2 is 1.95 bits per heavy atom. The second-order valence-electron chi connectivity index (χ2n) is 3.82. The monoisotopic (exact) mass is 282 g/mol. The summed E-state index contributed by atoms with van der Waals surface area (Å²) in [5, 5.41) is 3.93. The highest BCUT2D eigenvalue weighted by molar-refractivity contribution is 5.84. The first kappa shape index (κ1) is 15.2. The lowest BCUT2D eigenvalue weighted by molar-refractivity contribution is -0.138. The summed E-state index contributed by atoms with van der Waals surface area (Å²) in [5.41, 5.74) is -0.297. The van der Waals surface area contributed by atoms with Crippen LogP contribution in [0.15, 0.2) is 18.2 Å². The first-order chi connectivity index (χ1) is 8.69. The number of anilines is 1. The van der Waals surface area contributed by atoms with Gasteiger partial charge in [-0.15, -0.1) is 0 Å². The molecule has 1 aromatic rings. The molecule has 1 amide bonds. The van der Waals surface area contributed by atoms with Gasteiger partial charge in [-0.25, -0.2) is 8.78 Å². The molecule has 0 bridgehead atoms. The van der Waals surface area contributed by atoms with Crippen LogP contribution in [-0.2, 0) is 4.79 Å². The van der Waals surface area contributed by atoms with Crippen LogP contribution in [0, 0.1) is 11.6 Å². The summed E-state index contributed by atoms with van der Waals surface area (Å²) < 4.78 is 61.7. The molecular formula is C11H11F5N2O. The molecule has 3 nitrogen and oxygen atoms in total. The Bertz CT molecular complexity index is 461. The van der Waals surface area contributed by atoms with Crippen LogP contribution in [0.2, 0.25) is 0 Å². The number of halogens is 5. The van der Waals surface area contributed by atoms with E-state index in [-0.39, 0.29) is 5.69 Å². The maximum Gasteiger partial charge on any atom is 0.405 e. The molecule has 8 heteroatoms. The Morgan fingerprint density at radius 1 is 1.32 bits per heavy atom. The fourth-order valence-corrected chi connectivity index (χ4v) is 1.25. The molecule has 0 aliphatic carbocycles. The Hall–Kier alpha value is -1.86. The van der Waals surface area contributed by atoms with Crippen LogP contribution in [0.1, 0.15) is 6.92 Å². The SMILES string of the molecule is CC(Nc1cc(F)ccc1F)C(=O)NCC(F)(F)F. The molecule has 0 saturated carbocycles. The Kier molecular flexibility index (Phi) is 4.68. The van der Waals surface area contributed by atoms with Gasteiger partial charge in [0.15, 0.2) is 0 Å². The summed E-state index contributed by atoms with van der Waals surface area (Å²) in [6, 6.07) is 1.40. The molecule has 0 aliphatic rings. The van der Waals surface area contributed by atoms with E-state index in [2.05, 4.69) is 5.32 Å². The van der Waals surface area contributed by atoms with Crippen LogP contribution in [0.25, 0.3) is 0 Å². The molecule has 1 aromatic carbocycles. The van der Waals surface area contributed by atoms with Crippen LogP contribution >= 0.6 is 0 Å². The summed E-state index contributed by atoms with van der Waals surface area (Å²) in [6.07, 6.45) is -4.53. The van der Waals surface area contributed by atoms with Gasteiger partial charge < -0.3 is 10.6 Å². The first-order valence-corrected chi connectivity index (χ1v) is 5.25. The quantitative estimate of drug-likeness (QED) is 0.833. The van der Waals surface area contributed by atoms with Crippen molar-refractivity contribution >= 4 is 11.6 Å². The molecule has 0 aliphatic heterocycles. The maximum atomic E-state index is 13.2. The zero-order valence-electron chi connectivity index (χ0n) is 9.81. The van der Waals surface area contributed by atoms with Crippen molar-refractivity contribution in [2.24, 2.45) is 0 Å². The van der Waals surface area contributed by atoms with Crippen molar-refractivity contribution in [3.05, 3.63) is 29.8 Å². The third-order valence-electron chi connectivity index (χ3n) is 2.16. The minimum Gasteiger partial charge on any atom is -0.371 e. The van der Waals surface area contributed by atoms with Crippen molar-refractivity contribution in [1.82, 2.24) is 5.32 Å². The van der Waals surface area contributed by atoms with E-state index in [0.717, 1.165) is 18.2 Å². The molecule has 0 heterocycles. The Morgan fingerprint density at radius 3 is 2.53 bits per heavy atom. The van der Waals surface area contributed by atoms with Gasteiger partial charge in [-0.2, -0.15) is 13.2 Å². The standard InChI is InChI=1S/C11H11F5N2O/c1-6(10(19)17-5-11(14,15)16)18-9-4-7(12)2-3-8(9)13/h2-4,6,18H,5H2,1H3,(H,17,19). The molecule has 1 rings (SSSR count). The van der Waals surface area contributed by atoms with Gasteiger partial charge in [0, 0.05) is 0 Å². The minimum absolute atomic E-state index is 0.297. The lowest BCUT2D eigenvalue weighted by atomic mass is 10.2. The number of rotatable bonds is 4. The number of benzene rings is 1. The summed E-state index contributed by atoms with van der Waals surface area (Å²) in [7, 11) is 0. The second-order valence-corrected chi connectivity index (χ2v) is 3.82. The van der Waals surface area contributed by atoms with Gasteiger partial charge in [-0.3, -0.25) is 4.79 Å². The number of carbonyl (C=O) groups excluding carboxylic acids is 1. The number of amides is 1. The molecular weight excluding hydrogens is 271 g/mol. The van der Waals surface area contributed by atoms with Gasteiger partial charge >= 0.3 is 6.18 Å². The van der Waals surface area contributed by atoms with Gasteiger partial charge in [0.1, 0.15) is 24.2 Å². The van der Waals surface area contributed by atoms with Crippen molar-refractivity contribution < 1.29 is 26.7 Å². The zero-order valence-corrected chi connectivity index (χ0v) is 9.81. The predicted octanol–water partition coefficient (Wildman–Crippen LogP) is 2.44. The van der Waals surface area contributed by atoms with E-state index in [0.29, 0.717) is 0 Å². The smallest absolute Gasteiger partial charge is 0.371 e. The van der Waals surface area contributed by atoms with Gasteiger partial charge in [0.2, 0.25) is 5.91 Å². The molecule has 0 fully saturated rings. The molecule has 19 heavy (non-hydrogen) atoms. The lowest BCUT2D eigenvalue weighted by Crippen LogP contribution is -2.42. The van der Waals surface area contributed by atoms with Crippen molar-refractivity contribution in [1.29, 1.82) is 0 Å². The fourth-order valence-electron chi connectivity index (χ4n) is 1.25. The van der Waals surface area contributed by atoms with E-state index >= 15 is 0 Å². The summed E-state index contributed by atoms with van der Waals surface area (Å²) in [5.74, 6) is -2.51. The van der Waals surface area contributed by atoms with E-state index in [9.17, 15) is 26.7 Å². The van der Waals surface area contributed by atoms with E-state index in [4.69, 9.17) is 0 Å². The van der Waals surface area contributed by atoms with Crippen molar-refractivity contribution in [2.75, 3.05) is 11.9 Å². The minimum atomic E-state index is -4.53. The molecule has 1 unspecified atom stereocenters. The third-order valence-corrected chi connectivity index (χ3v) is 2.16. The molecule has 0 saturated heterocycles. The second kappa shape index (κ2) is 5.85. The lowest BCUT2D eigenvalue weighted by Gasteiger charge is -2.16. The molecule has 0 spiro atoms. The van der Waals surface area contributed by atoms with Crippen LogP contribution < -0.4 is 10.6 Å². The normalized spacial score (nSPS) is 12.9. The topological polar surface area (TPSA) is 41.1 Å². The number of hydrogen-bond donors (Lipinski definition) is 2. The molecule has 106 valence electrons. The van der Waals surface area contributed by atoms with Gasteiger partial charge in [-0.05, 0) is 25.1 Å². The van der Waals surface area contributed by atoms with Crippen molar-refractivity contribution in [3.8, 4) is 0 Å². The van der Waals surface area contributed by atoms with Crippen LogP contribution in [-0.4, -0.2) is 24.7 Å². The van der Waals surface area contributed by atoms with Gasteiger partial charge in [0.05, 0.1) is 5.69 Å². The van der Waals surface area contributed by atoms with E-state index in [1.807, 2.05) is 0 Å². The molecule has 2 N–H and O–H groups in total. The van der Waals surface area contributed by atoms with E-state index in [1.54, 1.807) is 5.32 Å². The zero-order chi connectivity index (χ0) is 14.6. The number of alkyl halides is 3. The average Bonchev–Trinajstić information content (AvgIpc) is 2.29. The maximum absolute atomic E-state index is 13.2. The number of nitrogens with one attached hydrogen (secondary N) is 2. The Balaban J connectivity index is 2.61. The van der Waals surface area contributed by atoms with Gasteiger partial charge in [0.25, 0.3) is 0 Å². The predicted molar refractivity (Wildman–Crippen MR) is 58.5 cm³/mol. The van der Waals surface area contributed by atoms with Crippen molar-refractivity contribution in [2.45, 2.75) is 19.1 Å². The molecule has 1 atom stereocenters. The highest BCUT2D eigenvalue weighted by atomic mass is 19.4. The fraction of sp³-hybridized carbons (Fsp3) is 0.364. The summed E-state index contributed by atoms with van der Waals surface area (Å²) in [6.45, 7) is -0.250. The van der Waals surface area contributed by atoms with E-state index in [1.165, 1.54) is 6.92 Å². The Labute approximate surface area is 105 Å². The third kappa shape index (κ3) is 5.11. The molecule has 0 radical (unpaired) electrons. The van der Waals surface area contributed by atoms with Crippen LogP contribution in [0.3, 0.4) is 0 Å². The number of hydrogen-bond acceptors (Lipinski definition) is 2. The van der Waals surface area contributed by atoms with Gasteiger partial charge in [-0.1, -0.05) is 0 Å². The molecule has 0 aromatic heterocycles. The largest absolute Gasteiger partial charge is 0.405 e. The van der Waals surface area contributed by atoms with Crippen LogP contribution in [0.4, 0.5) is 27.6 Å². The average molecular weight is 282 g/mol. The highest BCUT2D eigenvalue weighted by Gasteiger charge is 2.28. The first-order valence-electron chi connectivity index (χ1n) is 5.25. The summed E-state index contributed by atoms with van der Waals surface area (Å²) >= 11 is 0. The van der Waals surface area contributed by atoms with E-state index < -0.39 is 36.3 Å². The van der Waals surface area contributed by atoms with Crippen LogP contribution in [0.5, 0.6) is 0 Å². The summed E-state index contributed by atoms with van der Waals surface area (Å²) in [4.78, 5) is 11.3. The van der Waals surface area contributed by atoms with Crippen molar-refractivity contribution in [3.63, 3.8) is 0 Å².